The van der Waals surface area contributed by atoms with Crippen molar-refractivity contribution in [1.29, 1.82) is 0 Å². The molecule has 1 amide bonds. The van der Waals surface area contributed by atoms with E-state index in [-0.39, 0.29) is 17.9 Å². The normalized spacial score (nSPS) is 17.0. The van der Waals surface area contributed by atoms with E-state index in [2.05, 4.69) is 4.98 Å². The third-order valence-corrected chi connectivity index (χ3v) is 6.78. The lowest BCUT2D eigenvalue weighted by atomic mass is 9.88. The Hall–Kier alpha value is -4.07. The van der Waals surface area contributed by atoms with Crippen molar-refractivity contribution >= 4 is 11.6 Å². The number of rotatable bonds is 8. The molecule has 0 saturated heterocycles. The van der Waals surface area contributed by atoms with Crippen LogP contribution in [0.25, 0.3) is 16.6 Å². The quantitative estimate of drug-likeness (QED) is 0.338. The summed E-state index contributed by atoms with van der Waals surface area (Å²) in [4.78, 5) is 16.8. The fourth-order valence-corrected chi connectivity index (χ4v) is 4.53. The van der Waals surface area contributed by atoms with E-state index in [0.29, 0.717) is 31.6 Å². The largest absolute Gasteiger partial charge is 0.488 e. The molecule has 4 aromatic rings. The first-order chi connectivity index (χ1) is 17.4. The smallest absolute Gasteiger partial charge is 0.407 e. The van der Waals surface area contributed by atoms with Crippen LogP contribution < -0.4 is 9.47 Å². The van der Waals surface area contributed by atoms with Crippen molar-refractivity contribution in [1.82, 2.24) is 14.3 Å². The number of nitrogens with zero attached hydrogens (tertiary/aromatic N) is 3. The van der Waals surface area contributed by atoms with Gasteiger partial charge in [-0.15, -0.1) is 0 Å². The van der Waals surface area contributed by atoms with Gasteiger partial charge < -0.3 is 23.9 Å². The molecule has 36 heavy (non-hydrogen) atoms. The van der Waals surface area contributed by atoms with Crippen molar-refractivity contribution in [2.75, 3.05) is 7.05 Å². The second-order valence-electron chi connectivity index (χ2n) is 9.11. The maximum absolute atomic E-state index is 15.1. The fraction of sp³-hybridized carbons (Fsp3) is 0.286. The zero-order valence-electron chi connectivity index (χ0n) is 20.2. The molecule has 2 aromatic carbocycles. The first-order valence-electron chi connectivity index (χ1n) is 12.0. The lowest BCUT2D eigenvalue weighted by Crippen LogP contribution is -2.49. The molecule has 0 spiro atoms. The van der Waals surface area contributed by atoms with Gasteiger partial charge in [0.2, 0.25) is 0 Å². The molecule has 5 rings (SSSR count). The van der Waals surface area contributed by atoms with Crippen LogP contribution in [0.3, 0.4) is 0 Å². The number of carbonyl (C=O) groups is 1. The van der Waals surface area contributed by atoms with Gasteiger partial charge in [-0.1, -0.05) is 37.3 Å². The van der Waals surface area contributed by atoms with Crippen LogP contribution in [0, 0.1) is 5.82 Å². The summed E-state index contributed by atoms with van der Waals surface area (Å²) >= 11 is 0. The van der Waals surface area contributed by atoms with Gasteiger partial charge in [-0.25, -0.2) is 14.2 Å². The minimum atomic E-state index is -0.941. The molecule has 0 bridgehead atoms. The Morgan fingerprint density at radius 3 is 2.69 bits per heavy atom. The standard InChI is InChI=1S/C28H28FN3O4/c1-3-19-9-26(35-16-18-7-5-4-6-8-18)24(29)13-23(19)20-10-27(25-14-30-17-32(25)15-20)36-22-11-21(12-22)31(2)28(33)34/h4-10,13-15,17,21-22H,3,11-12,16H2,1-2H3,(H,33,34)/t21-,22-. The average Bonchev–Trinajstić information content (AvgIpc) is 3.34. The molecule has 7 nitrogen and oxygen atoms in total. The van der Waals surface area contributed by atoms with E-state index < -0.39 is 11.9 Å². The van der Waals surface area contributed by atoms with Crippen LogP contribution >= 0.6 is 0 Å². The van der Waals surface area contributed by atoms with Gasteiger partial charge >= 0.3 is 6.09 Å². The maximum Gasteiger partial charge on any atom is 0.407 e. The summed E-state index contributed by atoms with van der Waals surface area (Å²) in [5.74, 6) is 0.436. The minimum Gasteiger partial charge on any atom is -0.488 e. The molecule has 0 radical (unpaired) electrons. The molecular weight excluding hydrogens is 461 g/mol. The molecule has 2 heterocycles. The van der Waals surface area contributed by atoms with Gasteiger partial charge in [0.15, 0.2) is 11.6 Å². The number of hydrogen-bond donors (Lipinski definition) is 1. The van der Waals surface area contributed by atoms with Crippen molar-refractivity contribution in [3.8, 4) is 22.6 Å². The topological polar surface area (TPSA) is 76.3 Å². The van der Waals surface area contributed by atoms with Crippen molar-refractivity contribution in [3.05, 3.63) is 84.2 Å². The van der Waals surface area contributed by atoms with Crippen molar-refractivity contribution in [2.24, 2.45) is 0 Å². The van der Waals surface area contributed by atoms with E-state index in [1.54, 1.807) is 25.6 Å². The van der Waals surface area contributed by atoms with Crippen LogP contribution in [0.4, 0.5) is 9.18 Å². The summed E-state index contributed by atoms with van der Waals surface area (Å²) in [5, 5.41) is 9.19. The van der Waals surface area contributed by atoms with E-state index in [1.807, 2.05) is 53.9 Å². The van der Waals surface area contributed by atoms with Gasteiger partial charge in [0.25, 0.3) is 0 Å². The van der Waals surface area contributed by atoms with Gasteiger partial charge in [-0.05, 0) is 41.3 Å². The number of aryl methyl sites for hydroxylation is 1. The molecule has 2 aromatic heterocycles. The Bertz CT molecular complexity index is 1380. The lowest BCUT2D eigenvalue weighted by molar-refractivity contribution is 0.0326. The molecule has 1 fully saturated rings. The van der Waals surface area contributed by atoms with Crippen LogP contribution in [0.5, 0.6) is 11.5 Å². The van der Waals surface area contributed by atoms with Crippen LogP contribution in [0.2, 0.25) is 0 Å². The summed E-state index contributed by atoms with van der Waals surface area (Å²) in [6, 6.07) is 14.8. The zero-order valence-corrected chi connectivity index (χ0v) is 20.2. The SMILES string of the molecule is CCc1cc(OCc2ccccc2)c(F)cc1-c1cc(O[C@H]2C[C@H](N(C)C(=O)O)C2)c2cncn2c1. The van der Waals surface area contributed by atoms with Crippen LogP contribution in [0.15, 0.2) is 67.3 Å². The predicted molar refractivity (Wildman–Crippen MR) is 134 cm³/mol. The van der Waals surface area contributed by atoms with Gasteiger partial charge in [-0.2, -0.15) is 0 Å². The minimum absolute atomic E-state index is 0.0548. The summed E-state index contributed by atoms with van der Waals surface area (Å²) in [7, 11) is 1.58. The molecule has 1 aliphatic rings. The lowest BCUT2D eigenvalue weighted by Gasteiger charge is -2.39. The number of fused-ring (bicyclic) bond motifs is 1. The molecule has 1 saturated carbocycles. The number of amides is 1. The van der Waals surface area contributed by atoms with E-state index in [0.717, 1.165) is 27.8 Å². The Labute approximate surface area is 208 Å². The fourth-order valence-electron chi connectivity index (χ4n) is 4.53. The number of benzene rings is 2. The van der Waals surface area contributed by atoms with Crippen molar-refractivity contribution < 1.29 is 23.8 Å². The number of imidazole rings is 1. The third kappa shape index (κ3) is 4.71. The number of ether oxygens (including phenoxy) is 2. The second kappa shape index (κ2) is 9.89. The molecule has 1 aliphatic carbocycles. The molecular formula is C28H28FN3O4. The average molecular weight is 490 g/mol. The van der Waals surface area contributed by atoms with Crippen molar-refractivity contribution in [2.45, 2.75) is 44.9 Å². The number of pyridine rings is 1. The summed E-state index contributed by atoms with van der Waals surface area (Å²) in [6.07, 6.45) is 6.22. The van der Waals surface area contributed by atoms with Gasteiger partial charge in [0, 0.05) is 37.7 Å². The summed E-state index contributed by atoms with van der Waals surface area (Å²) in [6.45, 7) is 2.32. The molecule has 0 aliphatic heterocycles. The van der Waals surface area contributed by atoms with Crippen LogP contribution in [-0.2, 0) is 13.0 Å². The van der Waals surface area contributed by atoms with E-state index in [4.69, 9.17) is 9.47 Å². The zero-order chi connectivity index (χ0) is 25.2. The predicted octanol–water partition coefficient (Wildman–Crippen LogP) is 5.80. The first kappa shape index (κ1) is 23.7. The van der Waals surface area contributed by atoms with Crippen LogP contribution in [-0.4, -0.2) is 44.7 Å². The summed E-state index contributed by atoms with van der Waals surface area (Å²) < 4.78 is 29.1. The van der Waals surface area contributed by atoms with Gasteiger partial charge in [0.1, 0.15) is 24.0 Å². The number of halogens is 1. The van der Waals surface area contributed by atoms with Gasteiger partial charge in [-0.3, -0.25) is 0 Å². The van der Waals surface area contributed by atoms with Crippen molar-refractivity contribution in [3.63, 3.8) is 0 Å². The number of carboxylic acid groups (broad SMARTS) is 1. The summed E-state index contributed by atoms with van der Waals surface area (Å²) in [5.41, 5.74) is 4.30. The highest BCUT2D eigenvalue weighted by Gasteiger charge is 2.36. The molecule has 8 heteroatoms. The molecule has 186 valence electrons. The highest BCUT2D eigenvalue weighted by atomic mass is 19.1. The maximum atomic E-state index is 15.1. The Morgan fingerprint density at radius 2 is 1.97 bits per heavy atom. The Balaban J connectivity index is 1.41. The van der Waals surface area contributed by atoms with E-state index in [1.165, 1.54) is 11.0 Å². The highest BCUT2D eigenvalue weighted by molar-refractivity contribution is 5.74. The van der Waals surface area contributed by atoms with Gasteiger partial charge in [0.05, 0.1) is 12.5 Å². The molecule has 0 unspecified atom stereocenters. The second-order valence-corrected chi connectivity index (χ2v) is 9.11. The highest BCUT2D eigenvalue weighted by Crippen LogP contribution is 2.36. The van der Waals surface area contributed by atoms with Crippen LogP contribution in [0.1, 0.15) is 30.9 Å². The molecule has 1 N–H and O–H groups in total. The van der Waals surface area contributed by atoms with E-state index in [9.17, 15) is 9.90 Å². The van der Waals surface area contributed by atoms with E-state index >= 15 is 4.39 Å². The number of hydrogen-bond acceptors (Lipinski definition) is 4. The number of aromatic nitrogens is 2. The third-order valence-electron chi connectivity index (χ3n) is 6.78. The monoisotopic (exact) mass is 489 g/mol. The Morgan fingerprint density at radius 1 is 1.19 bits per heavy atom. The molecule has 0 atom stereocenters. The first-order valence-corrected chi connectivity index (χ1v) is 12.0. The Kier molecular flexibility index (Phi) is 6.50.